The van der Waals surface area contributed by atoms with E-state index in [2.05, 4.69) is 15.9 Å². The van der Waals surface area contributed by atoms with Gasteiger partial charge in [-0.15, -0.1) is 0 Å². The molecule has 0 aromatic heterocycles. The van der Waals surface area contributed by atoms with Crippen molar-refractivity contribution in [3.63, 3.8) is 0 Å². The number of hydrogen-bond donors (Lipinski definition) is 1. The normalized spacial score (nSPS) is 19.6. The second kappa shape index (κ2) is 5.96. The average molecular weight is 376 g/mol. The SMILES string of the molecule is Cc1cc(S(C)(=O)=O)c(Br)cc1N1CCC[C@@H](C(=O)O)C1. The topological polar surface area (TPSA) is 74.7 Å². The van der Waals surface area contributed by atoms with Gasteiger partial charge in [0, 0.05) is 29.5 Å². The molecule has 0 saturated carbocycles. The monoisotopic (exact) mass is 375 g/mol. The maximum Gasteiger partial charge on any atom is 0.308 e. The van der Waals surface area contributed by atoms with Gasteiger partial charge in [0.15, 0.2) is 9.84 Å². The molecular formula is C14H18BrNO4S. The van der Waals surface area contributed by atoms with Gasteiger partial charge in [-0.25, -0.2) is 8.42 Å². The summed E-state index contributed by atoms with van der Waals surface area (Å²) in [7, 11) is -3.29. The van der Waals surface area contributed by atoms with Gasteiger partial charge in [0.25, 0.3) is 0 Å². The third-order valence-corrected chi connectivity index (χ3v) is 5.82. The Hall–Kier alpha value is -1.08. The van der Waals surface area contributed by atoms with Crippen molar-refractivity contribution < 1.29 is 18.3 Å². The Morgan fingerprint density at radius 3 is 2.67 bits per heavy atom. The van der Waals surface area contributed by atoms with Crippen molar-refractivity contribution >= 4 is 37.4 Å². The lowest BCUT2D eigenvalue weighted by Crippen LogP contribution is -2.39. The molecule has 7 heteroatoms. The fourth-order valence-corrected chi connectivity index (χ4v) is 4.68. The van der Waals surface area contributed by atoms with Crippen LogP contribution >= 0.6 is 15.9 Å². The highest BCUT2D eigenvalue weighted by atomic mass is 79.9. The van der Waals surface area contributed by atoms with Gasteiger partial charge in [-0.1, -0.05) is 0 Å². The van der Waals surface area contributed by atoms with Crippen LogP contribution in [0.1, 0.15) is 18.4 Å². The molecule has 0 bridgehead atoms. The van der Waals surface area contributed by atoms with Gasteiger partial charge in [-0.05, 0) is 53.4 Å². The molecule has 2 rings (SSSR count). The van der Waals surface area contributed by atoms with Gasteiger partial charge >= 0.3 is 5.97 Å². The third kappa shape index (κ3) is 3.58. The number of sulfone groups is 1. The standard InChI is InChI=1S/C14H18BrNO4S/c1-9-6-13(21(2,19)20)11(15)7-12(9)16-5-3-4-10(8-16)14(17)18/h6-7,10H,3-5,8H2,1-2H3,(H,17,18)/t10-/m1/s1. The predicted octanol–water partition coefficient (Wildman–Crippen LogP) is 2.46. The third-order valence-electron chi connectivity index (χ3n) is 3.76. The summed E-state index contributed by atoms with van der Waals surface area (Å²) < 4.78 is 23.9. The number of carboxylic acid groups (broad SMARTS) is 1. The summed E-state index contributed by atoms with van der Waals surface area (Å²) in [4.78, 5) is 13.4. The van der Waals surface area contributed by atoms with Crippen LogP contribution in [0.25, 0.3) is 0 Å². The molecule has 1 saturated heterocycles. The van der Waals surface area contributed by atoms with E-state index in [0.717, 1.165) is 24.2 Å². The van der Waals surface area contributed by atoms with Crippen molar-refractivity contribution in [2.75, 3.05) is 24.2 Å². The van der Waals surface area contributed by atoms with Gasteiger partial charge in [-0.2, -0.15) is 0 Å². The summed E-state index contributed by atoms with van der Waals surface area (Å²) in [6.07, 6.45) is 2.68. The van der Waals surface area contributed by atoms with Crippen molar-refractivity contribution in [3.05, 3.63) is 22.2 Å². The van der Waals surface area contributed by atoms with Gasteiger partial charge < -0.3 is 10.0 Å². The first kappa shape index (κ1) is 16.3. The van der Waals surface area contributed by atoms with E-state index in [1.807, 2.05) is 11.8 Å². The molecule has 1 N–H and O–H groups in total. The zero-order chi connectivity index (χ0) is 15.8. The van der Waals surface area contributed by atoms with Gasteiger partial charge in [-0.3, -0.25) is 4.79 Å². The molecule has 1 heterocycles. The van der Waals surface area contributed by atoms with Crippen LogP contribution in [-0.2, 0) is 14.6 Å². The molecule has 1 aromatic carbocycles. The number of piperidine rings is 1. The summed E-state index contributed by atoms with van der Waals surface area (Å²) in [5.74, 6) is -1.14. The Balaban J connectivity index is 2.37. The van der Waals surface area contributed by atoms with E-state index in [4.69, 9.17) is 5.11 Å². The summed E-state index contributed by atoms with van der Waals surface area (Å²) in [6.45, 7) is 3.09. The maximum atomic E-state index is 11.7. The van der Waals surface area contributed by atoms with E-state index in [0.29, 0.717) is 17.4 Å². The lowest BCUT2D eigenvalue weighted by Gasteiger charge is -2.33. The Bertz CT molecular complexity index is 672. The van der Waals surface area contributed by atoms with Crippen LogP contribution in [0.5, 0.6) is 0 Å². The van der Waals surface area contributed by atoms with Gasteiger partial charge in [0.1, 0.15) is 0 Å². The first-order valence-corrected chi connectivity index (χ1v) is 9.36. The zero-order valence-electron chi connectivity index (χ0n) is 12.0. The highest BCUT2D eigenvalue weighted by molar-refractivity contribution is 9.10. The average Bonchev–Trinajstić information content (AvgIpc) is 2.40. The molecule has 1 atom stereocenters. The first-order chi connectivity index (χ1) is 9.70. The molecule has 21 heavy (non-hydrogen) atoms. The molecule has 1 aliphatic rings. The molecule has 0 unspecified atom stereocenters. The van der Waals surface area contributed by atoms with Crippen LogP contribution in [0.2, 0.25) is 0 Å². The van der Waals surface area contributed by atoms with Crippen molar-refractivity contribution in [2.45, 2.75) is 24.7 Å². The molecule has 0 spiro atoms. The minimum atomic E-state index is -3.29. The minimum absolute atomic E-state index is 0.260. The number of carbonyl (C=O) groups is 1. The number of aryl methyl sites for hydroxylation is 1. The fourth-order valence-electron chi connectivity index (χ4n) is 2.67. The highest BCUT2D eigenvalue weighted by Gasteiger charge is 2.27. The summed E-state index contributed by atoms with van der Waals surface area (Å²) >= 11 is 3.31. The molecule has 5 nitrogen and oxygen atoms in total. The van der Waals surface area contributed by atoms with Crippen molar-refractivity contribution in [3.8, 4) is 0 Å². The zero-order valence-corrected chi connectivity index (χ0v) is 14.4. The Labute approximate surface area is 133 Å². The van der Waals surface area contributed by atoms with Crippen LogP contribution in [-0.4, -0.2) is 38.8 Å². The van der Waals surface area contributed by atoms with Crippen LogP contribution < -0.4 is 4.90 Å². The predicted molar refractivity (Wildman–Crippen MR) is 84.6 cm³/mol. The quantitative estimate of drug-likeness (QED) is 0.877. The van der Waals surface area contributed by atoms with Crippen molar-refractivity contribution in [2.24, 2.45) is 5.92 Å². The molecule has 1 fully saturated rings. The molecule has 0 radical (unpaired) electrons. The van der Waals surface area contributed by atoms with E-state index in [1.54, 1.807) is 12.1 Å². The number of hydrogen-bond acceptors (Lipinski definition) is 4. The first-order valence-electron chi connectivity index (χ1n) is 6.68. The van der Waals surface area contributed by atoms with E-state index >= 15 is 0 Å². The number of halogens is 1. The lowest BCUT2D eigenvalue weighted by molar-refractivity contribution is -0.141. The van der Waals surface area contributed by atoms with Crippen LogP contribution in [0.15, 0.2) is 21.5 Å². The van der Waals surface area contributed by atoms with Crippen molar-refractivity contribution in [1.82, 2.24) is 0 Å². The molecule has 0 aliphatic carbocycles. The summed E-state index contributed by atoms with van der Waals surface area (Å²) in [5, 5.41) is 9.16. The lowest BCUT2D eigenvalue weighted by atomic mass is 9.97. The van der Waals surface area contributed by atoms with E-state index in [9.17, 15) is 13.2 Å². The van der Waals surface area contributed by atoms with E-state index < -0.39 is 15.8 Å². The second-order valence-corrected chi connectivity index (χ2v) is 8.30. The highest BCUT2D eigenvalue weighted by Crippen LogP contribution is 2.33. The Morgan fingerprint density at radius 1 is 1.43 bits per heavy atom. The fraction of sp³-hybridized carbons (Fsp3) is 0.500. The van der Waals surface area contributed by atoms with Gasteiger partial charge in [0.05, 0.1) is 10.8 Å². The smallest absolute Gasteiger partial charge is 0.308 e. The van der Waals surface area contributed by atoms with Gasteiger partial charge in [0.2, 0.25) is 0 Å². The molecular weight excluding hydrogens is 358 g/mol. The molecule has 1 aliphatic heterocycles. The molecule has 116 valence electrons. The summed E-state index contributed by atoms with van der Waals surface area (Å²) in [6, 6.07) is 3.41. The Kier molecular flexibility index (Phi) is 4.63. The molecule has 1 aromatic rings. The molecule has 0 amide bonds. The number of benzene rings is 1. The van der Waals surface area contributed by atoms with Crippen molar-refractivity contribution in [1.29, 1.82) is 0 Å². The number of rotatable bonds is 3. The largest absolute Gasteiger partial charge is 0.481 e. The number of anilines is 1. The van der Waals surface area contributed by atoms with Crippen LogP contribution in [0, 0.1) is 12.8 Å². The number of nitrogens with zero attached hydrogens (tertiary/aromatic N) is 1. The van der Waals surface area contributed by atoms with E-state index in [-0.39, 0.29) is 10.8 Å². The number of carboxylic acids is 1. The Morgan fingerprint density at radius 2 is 2.10 bits per heavy atom. The van der Waals surface area contributed by atoms with E-state index in [1.165, 1.54) is 6.26 Å². The maximum absolute atomic E-state index is 11.7. The minimum Gasteiger partial charge on any atom is -0.481 e. The number of aliphatic carboxylic acids is 1. The summed E-state index contributed by atoms with van der Waals surface area (Å²) in [5.41, 5.74) is 1.73. The second-order valence-electron chi connectivity index (χ2n) is 5.46. The van der Waals surface area contributed by atoms with Crippen LogP contribution in [0.3, 0.4) is 0 Å². The van der Waals surface area contributed by atoms with Crippen LogP contribution in [0.4, 0.5) is 5.69 Å².